The fourth-order valence-corrected chi connectivity index (χ4v) is 5.09. The molecule has 0 amide bonds. The first-order chi connectivity index (χ1) is 17.9. The number of methoxy groups -OCH3 is 3. The normalized spacial score (nSPS) is 19.1. The summed E-state index contributed by atoms with van der Waals surface area (Å²) in [6, 6.07) is 0. The van der Waals surface area contributed by atoms with E-state index in [2.05, 4.69) is 34.9 Å². The second kappa shape index (κ2) is 10.5. The molecule has 3 heterocycles. The van der Waals surface area contributed by atoms with Crippen molar-refractivity contribution in [1.29, 1.82) is 0 Å². The van der Waals surface area contributed by atoms with E-state index in [-0.39, 0.29) is 40.5 Å². The average Bonchev–Trinajstić information content (AvgIpc) is 3.60. The molecule has 0 bridgehead atoms. The van der Waals surface area contributed by atoms with Crippen molar-refractivity contribution >= 4 is 27.6 Å². The summed E-state index contributed by atoms with van der Waals surface area (Å²) in [7, 11) is -0.528. The molecule has 4 rings (SSSR count). The molecule has 0 saturated heterocycles. The molecule has 1 aliphatic carbocycles. The van der Waals surface area contributed by atoms with Gasteiger partial charge in [-0.15, -0.1) is 10.2 Å². The van der Waals surface area contributed by atoms with Crippen LogP contribution in [0.5, 0.6) is 11.8 Å². The van der Waals surface area contributed by atoms with E-state index in [0.717, 1.165) is 10.9 Å². The Balaban J connectivity index is 1.78. The molecule has 1 N–H and O–H groups in total. The molecule has 1 saturated carbocycles. The maximum Gasteiger partial charge on any atom is 0.392 e. The average molecular weight is 579 g/mol. The topological polar surface area (TPSA) is 156 Å². The lowest BCUT2D eigenvalue weighted by atomic mass is 10.2. The first-order valence-corrected chi connectivity index (χ1v) is 12.8. The fourth-order valence-electron chi connectivity index (χ4n) is 3.86. The van der Waals surface area contributed by atoms with Gasteiger partial charge >= 0.3 is 6.18 Å². The number of sulfonamides is 1. The van der Waals surface area contributed by atoms with Gasteiger partial charge in [-0.3, -0.25) is 9.29 Å². The van der Waals surface area contributed by atoms with Gasteiger partial charge in [-0.05, 0) is 13.3 Å². The zero-order valence-electron chi connectivity index (χ0n) is 20.3. The molecule has 3 aromatic rings. The summed E-state index contributed by atoms with van der Waals surface area (Å²) in [5.41, 5.74) is -0.0833. The molecule has 13 nitrogen and oxygen atoms in total. The molecule has 0 unspecified atom stereocenters. The van der Waals surface area contributed by atoms with Gasteiger partial charge in [0.05, 0.1) is 25.2 Å². The van der Waals surface area contributed by atoms with Crippen molar-refractivity contribution in [1.82, 2.24) is 34.7 Å². The number of alkyl halides is 3. The second-order valence-corrected chi connectivity index (χ2v) is 10.7. The lowest BCUT2D eigenvalue weighted by molar-refractivity contribution is -0.148. The Morgan fingerprint density at radius 2 is 1.68 bits per heavy atom. The van der Waals surface area contributed by atoms with Gasteiger partial charge in [-0.1, -0.05) is 11.6 Å². The summed E-state index contributed by atoms with van der Waals surface area (Å²) in [4.78, 5) is 16.0. The minimum absolute atomic E-state index is 0.0442. The molecule has 0 aromatic carbocycles. The largest absolute Gasteiger partial charge is 0.479 e. The summed E-state index contributed by atoms with van der Waals surface area (Å²) in [5, 5.41) is 6.69. The van der Waals surface area contributed by atoms with Gasteiger partial charge in [-0.2, -0.15) is 23.1 Å². The molecular formula is C20H22ClF3N8O5S. The highest BCUT2D eigenvalue weighted by Gasteiger charge is 2.58. The number of rotatable bonds is 10. The smallest absolute Gasteiger partial charge is 0.392 e. The molecule has 1 fully saturated rings. The van der Waals surface area contributed by atoms with Crippen LogP contribution in [0.3, 0.4) is 0 Å². The van der Waals surface area contributed by atoms with Crippen LogP contribution < -0.4 is 14.2 Å². The molecule has 3 aromatic heterocycles. The van der Waals surface area contributed by atoms with Crippen LogP contribution in [-0.2, 0) is 14.8 Å². The Kier molecular flexibility index (Phi) is 7.62. The van der Waals surface area contributed by atoms with Crippen molar-refractivity contribution in [3.63, 3.8) is 0 Å². The Morgan fingerprint density at radius 1 is 1.08 bits per heavy atom. The summed E-state index contributed by atoms with van der Waals surface area (Å²) in [6.07, 6.45) is -2.20. The third-order valence-electron chi connectivity index (χ3n) is 5.89. The number of hydrogen-bond donors (Lipinski definition) is 1. The van der Waals surface area contributed by atoms with E-state index in [1.54, 1.807) is 0 Å². The molecule has 206 valence electrons. The minimum Gasteiger partial charge on any atom is -0.479 e. The van der Waals surface area contributed by atoms with E-state index in [1.807, 2.05) is 0 Å². The van der Waals surface area contributed by atoms with E-state index in [9.17, 15) is 21.6 Å². The van der Waals surface area contributed by atoms with Crippen molar-refractivity contribution in [3.05, 3.63) is 35.4 Å². The first-order valence-electron chi connectivity index (χ1n) is 10.9. The van der Waals surface area contributed by atoms with Gasteiger partial charge in [0, 0.05) is 25.4 Å². The predicted molar refractivity (Wildman–Crippen MR) is 126 cm³/mol. The third-order valence-corrected chi connectivity index (χ3v) is 7.78. The molecule has 0 aliphatic heterocycles. The summed E-state index contributed by atoms with van der Waals surface area (Å²) >= 11 is 5.82. The number of ether oxygens (including phenoxy) is 3. The Hall–Kier alpha value is -3.31. The van der Waals surface area contributed by atoms with Crippen molar-refractivity contribution in [2.45, 2.75) is 36.8 Å². The summed E-state index contributed by atoms with van der Waals surface area (Å²) in [5.74, 6) is -3.56. The van der Waals surface area contributed by atoms with Crippen molar-refractivity contribution in [3.8, 4) is 17.4 Å². The van der Waals surface area contributed by atoms with Gasteiger partial charge in [0.1, 0.15) is 23.5 Å². The quantitative estimate of drug-likeness (QED) is 0.377. The Bertz CT molecular complexity index is 1380. The number of hydrogen-bond acceptors (Lipinski definition) is 11. The standard InChI is InChI=1S/C20H22ClF3N8O5S/c1-9(14(35-2)15-25-6-10(21)7-26-15)38(33,34)31-19-30-29-16(11-5-12(11)20(22,23)24)32(19)13-17(36-3)27-8-28-18(13)37-4/h6-9,11-12,14H,5H2,1-4H3,(H,30,31)/t9-,11-,12+,14-/m0/s1. The van der Waals surface area contributed by atoms with E-state index >= 15 is 0 Å². The van der Waals surface area contributed by atoms with E-state index in [0.29, 0.717) is 0 Å². The Labute approximate surface area is 219 Å². The second-order valence-electron chi connectivity index (χ2n) is 8.22. The lowest BCUT2D eigenvalue weighted by Gasteiger charge is -2.22. The van der Waals surface area contributed by atoms with Gasteiger partial charge in [0.2, 0.25) is 27.7 Å². The molecule has 0 radical (unpaired) electrons. The maximum atomic E-state index is 13.4. The Morgan fingerprint density at radius 3 is 2.18 bits per heavy atom. The molecule has 4 atom stereocenters. The van der Waals surface area contributed by atoms with Gasteiger partial charge in [0.25, 0.3) is 0 Å². The molecule has 1 aliphatic rings. The van der Waals surface area contributed by atoms with Gasteiger partial charge in [0.15, 0.2) is 11.5 Å². The SMILES string of the molecule is COc1ncnc(OC)c1-n1c(NS(=O)(=O)[C@@H](C)[C@H](OC)c2ncc(Cl)cn2)nnc1[C@H]1C[C@H]1C(F)(F)F. The van der Waals surface area contributed by atoms with E-state index in [1.165, 1.54) is 40.6 Å². The van der Waals surface area contributed by atoms with Crippen LogP contribution in [-0.4, -0.2) is 75.9 Å². The summed E-state index contributed by atoms with van der Waals surface area (Å²) in [6.45, 7) is 1.34. The molecular weight excluding hydrogens is 557 g/mol. The van der Waals surface area contributed by atoms with Crippen LogP contribution in [0.15, 0.2) is 18.7 Å². The maximum absolute atomic E-state index is 13.4. The zero-order valence-corrected chi connectivity index (χ0v) is 21.9. The number of aromatic nitrogens is 7. The highest BCUT2D eigenvalue weighted by Crippen LogP contribution is 2.56. The van der Waals surface area contributed by atoms with Crippen molar-refractivity contribution in [2.24, 2.45) is 5.92 Å². The van der Waals surface area contributed by atoms with Crippen molar-refractivity contribution < 1.29 is 35.8 Å². The number of anilines is 1. The first kappa shape index (κ1) is 27.7. The third kappa shape index (κ3) is 5.30. The van der Waals surface area contributed by atoms with Crippen LogP contribution in [0.2, 0.25) is 5.02 Å². The van der Waals surface area contributed by atoms with Crippen LogP contribution in [0, 0.1) is 5.92 Å². The predicted octanol–water partition coefficient (Wildman–Crippen LogP) is 2.70. The van der Waals surface area contributed by atoms with Gasteiger partial charge in [-0.25, -0.2) is 18.4 Å². The zero-order chi connectivity index (χ0) is 27.8. The molecule has 18 heteroatoms. The summed E-state index contributed by atoms with van der Waals surface area (Å²) < 4.78 is 86.3. The lowest BCUT2D eigenvalue weighted by Crippen LogP contribution is -2.33. The van der Waals surface area contributed by atoms with E-state index in [4.69, 9.17) is 25.8 Å². The highest BCUT2D eigenvalue weighted by molar-refractivity contribution is 7.93. The number of halogens is 4. The fraction of sp³-hybridized carbons (Fsp3) is 0.500. The van der Waals surface area contributed by atoms with Crippen molar-refractivity contribution in [2.75, 3.05) is 26.1 Å². The molecule has 0 spiro atoms. The van der Waals surface area contributed by atoms with Crippen LogP contribution >= 0.6 is 11.6 Å². The van der Waals surface area contributed by atoms with Crippen LogP contribution in [0.25, 0.3) is 5.69 Å². The van der Waals surface area contributed by atoms with Gasteiger partial charge < -0.3 is 14.2 Å². The molecule has 38 heavy (non-hydrogen) atoms. The van der Waals surface area contributed by atoms with Crippen LogP contribution in [0.4, 0.5) is 19.1 Å². The number of nitrogens with one attached hydrogen (secondary N) is 1. The monoisotopic (exact) mass is 578 g/mol. The van der Waals surface area contributed by atoms with Crippen LogP contribution in [0.1, 0.15) is 37.0 Å². The number of nitrogens with zero attached hydrogens (tertiary/aromatic N) is 7. The highest BCUT2D eigenvalue weighted by atomic mass is 35.5. The minimum atomic E-state index is -4.48. The van der Waals surface area contributed by atoms with E-state index < -0.39 is 45.3 Å².